The third-order valence-electron chi connectivity index (χ3n) is 2.12. The van der Waals surface area contributed by atoms with Gasteiger partial charge < -0.3 is 0 Å². The van der Waals surface area contributed by atoms with Crippen LogP contribution in [0, 0.1) is 10.1 Å². The molecule has 2 aromatic rings. The van der Waals surface area contributed by atoms with Gasteiger partial charge in [-0.15, -0.1) is 0 Å². The predicted octanol–water partition coefficient (Wildman–Crippen LogP) is 1.50. The summed E-state index contributed by atoms with van der Waals surface area (Å²) in [6, 6.07) is 5.86. The number of nitro benzene ring substituents is 1. The van der Waals surface area contributed by atoms with E-state index in [4.69, 9.17) is 0 Å². The Morgan fingerprint density at radius 2 is 2.00 bits per heavy atom. The second kappa shape index (κ2) is 3.93. The third kappa shape index (κ3) is 1.68. The zero-order valence-corrected chi connectivity index (χ0v) is 8.11. The molecule has 1 heterocycles. The summed E-state index contributed by atoms with van der Waals surface area (Å²) in [5, 5.41) is 10.5. The second-order valence-electron chi connectivity index (χ2n) is 3.07. The van der Waals surface area contributed by atoms with Crippen LogP contribution in [0.5, 0.6) is 0 Å². The number of nitrogens with zero attached hydrogens (tertiary/aromatic N) is 3. The SMILES string of the molecule is O=Cn1ccnc1-c1ccc([N+](=O)[O-])cc1. The number of hydrogen-bond donors (Lipinski definition) is 0. The molecule has 0 fully saturated rings. The fourth-order valence-electron chi connectivity index (χ4n) is 1.35. The Bertz CT molecular complexity index is 530. The molecule has 0 amide bonds. The van der Waals surface area contributed by atoms with Crippen LogP contribution in [0.25, 0.3) is 11.4 Å². The van der Waals surface area contributed by atoms with Crippen LogP contribution in [-0.4, -0.2) is 20.9 Å². The van der Waals surface area contributed by atoms with Crippen molar-refractivity contribution in [3.8, 4) is 11.4 Å². The van der Waals surface area contributed by atoms with Crippen LogP contribution in [0.3, 0.4) is 0 Å². The maximum Gasteiger partial charge on any atom is 0.269 e. The van der Waals surface area contributed by atoms with Crippen molar-refractivity contribution in [1.82, 2.24) is 9.55 Å². The Balaban J connectivity index is 2.42. The van der Waals surface area contributed by atoms with Crippen LogP contribution in [-0.2, 0) is 4.79 Å². The van der Waals surface area contributed by atoms with E-state index in [0.29, 0.717) is 17.8 Å². The van der Waals surface area contributed by atoms with Crippen LogP contribution in [0.4, 0.5) is 5.69 Å². The fraction of sp³-hybridized carbons (Fsp3) is 0. The Morgan fingerprint density at radius 1 is 1.31 bits per heavy atom. The van der Waals surface area contributed by atoms with Gasteiger partial charge in [-0.25, -0.2) is 4.98 Å². The third-order valence-corrected chi connectivity index (χ3v) is 2.12. The predicted molar refractivity (Wildman–Crippen MR) is 56.5 cm³/mol. The summed E-state index contributed by atoms with van der Waals surface area (Å²) in [7, 11) is 0. The monoisotopic (exact) mass is 217 g/mol. The van der Waals surface area contributed by atoms with Gasteiger partial charge in [0.25, 0.3) is 5.69 Å². The van der Waals surface area contributed by atoms with E-state index < -0.39 is 4.92 Å². The van der Waals surface area contributed by atoms with E-state index in [1.807, 2.05) is 0 Å². The molecule has 0 bridgehead atoms. The molecule has 6 heteroatoms. The summed E-state index contributed by atoms with van der Waals surface area (Å²) in [6.45, 7) is 0. The first-order valence-electron chi connectivity index (χ1n) is 4.45. The van der Waals surface area contributed by atoms with Gasteiger partial charge in [0, 0.05) is 30.1 Å². The average Bonchev–Trinajstić information content (AvgIpc) is 2.77. The molecule has 1 aromatic carbocycles. The van der Waals surface area contributed by atoms with Crippen molar-refractivity contribution in [3.05, 3.63) is 46.8 Å². The van der Waals surface area contributed by atoms with Crippen LogP contribution in [0.1, 0.15) is 0 Å². The standard InChI is InChI=1S/C10H7N3O3/c14-7-12-6-5-11-10(12)8-1-3-9(4-2-8)13(15)16/h1-7H. The van der Waals surface area contributed by atoms with Gasteiger partial charge in [-0.3, -0.25) is 19.5 Å². The van der Waals surface area contributed by atoms with Crippen LogP contribution >= 0.6 is 0 Å². The minimum Gasteiger partial charge on any atom is -0.278 e. The van der Waals surface area contributed by atoms with Crippen molar-refractivity contribution in [2.45, 2.75) is 0 Å². The molecule has 0 N–H and O–H groups in total. The molecule has 6 nitrogen and oxygen atoms in total. The molecule has 0 saturated carbocycles. The zero-order chi connectivity index (χ0) is 11.5. The zero-order valence-electron chi connectivity index (χ0n) is 8.11. The van der Waals surface area contributed by atoms with Crippen molar-refractivity contribution in [2.24, 2.45) is 0 Å². The first-order valence-corrected chi connectivity index (χ1v) is 4.45. The number of nitro groups is 1. The van der Waals surface area contributed by atoms with Crippen LogP contribution in [0.2, 0.25) is 0 Å². The summed E-state index contributed by atoms with van der Waals surface area (Å²) in [6.07, 6.45) is 3.64. The van der Waals surface area contributed by atoms with E-state index in [1.165, 1.54) is 29.1 Å². The van der Waals surface area contributed by atoms with E-state index >= 15 is 0 Å². The van der Waals surface area contributed by atoms with Gasteiger partial charge in [0.2, 0.25) is 6.41 Å². The number of aromatic nitrogens is 2. The molecular weight excluding hydrogens is 210 g/mol. The molecule has 1 aromatic heterocycles. The molecular formula is C10H7N3O3. The molecule has 0 saturated heterocycles. The summed E-state index contributed by atoms with van der Waals surface area (Å²) < 4.78 is 1.31. The van der Waals surface area contributed by atoms with E-state index in [0.717, 1.165) is 0 Å². The average molecular weight is 217 g/mol. The number of benzene rings is 1. The summed E-state index contributed by atoms with van der Waals surface area (Å²) in [4.78, 5) is 24.6. The molecule has 0 aliphatic carbocycles. The Kier molecular flexibility index (Phi) is 2.47. The summed E-state index contributed by atoms with van der Waals surface area (Å²) in [5.41, 5.74) is 0.663. The topological polar surface area (TPSA) is 78.0 Å². The lowest BCUT2D eigenvalue weighted by molar-refractivity contribution is -0.384. The smallest absolute Gasteiger partial charge is 0.269 e. The highest BCUT2D eigenvalue weighted by molar-refractivity contribution is 5.66. The number of hydrogen-bond acceptors (Lipinski definition) is 4. The van der Waals surface area contributed by atoms with Gasteiger partial charge in [0.05, 0.1) is 4.92 Å². The van der Waals surface area contributed by atoms with E-state index in [2.05, 4.69) is 4.98 Å². The van der Waals surface area contributed by atoms with Gasteiger partial charge in [-0.05, 0) is 12.1 Å². The Hall–Kier alpha value is -2.50. The molecule has 0 spiro atoms. The number of rotatable bonds is 3. The second-order valence-corrected chi connectivity index (χ2v) is 3.07. The van der Waals surface area contributed by atoms with Crippen LogP contribution in [0.15, 0.2) is 36.7 Å². The maximum atomic E-state index is 10.7. The Morgan fingerprint density at radius 3 is 2.56 bits per heavy atom. The molecule has 2 rings (SSSR count). The fourth-order valence-corrected chi connectivity index (χ4v) is 1.35. The summed E-state index contributed by atoms with van der Waals surface area (Å²) in [5.74, 6) is 0.463. The van der Waals surface area contributed by atoms with Gasteiger partial charge in [0.15, 0.2) is 0 Å². The number of imidazole rings is 1. The minimum absolute atomic E-state index is 0.00737. The summed E-state index contributed by atoms with van der Waals surface area (Å²) >= 11 is 0. The number of carbonyl (C=O) groups excluding carboxylic acids is 1. The van der Waals surface area contributed by atoms with Crippen molar-refractivity contribution < 1.29 is 9.72 Å². The van der Waals surface area contributed by atoms with Crippen molar-refractivity contribution >= 4 is 12.1 Å². The molecule has 16 heavy (non-hydrogen) atoms. The lowest BCUT2D eigenvalue weighted by Gasteiger charge is -1.99. The normalized spacial score (nSPS) is 10.0. The van der Waals surface area contributed by atoms with Gasteiger partial charge in [-0.2, -0.15) is 0 Å². The van der Waals surface area contributed by atoms with E-state index in [-0.39, 0.29) is 5.69 Å². The number of carbonyl (C=O) groups is 1. The highest BCUT2D eigenvalue weighted by Gasteiger charge is 2.08. The van der Waals surface area contributed by atoms with E-state index in [9.17, 15) is 14.9 Å². The largest absolute Gasteiger partial charge is 0.278 e. The molecule has 0 unspecified atom stereocenters. The van der Waals surface area contributed by atoms with Crippen molar-refractivity contribution in [1.29, 1.82) is 0 Å². The number of non-ortho nitro benzene ring substituents is 1. The first-order chi connectivity index (χ1) is 7.72. The van der Waals surface area contributed by atoms with Crippen LogP contribution < -0.4 is 0 Å². The van der Waals surface area contributed by atoms with Gasteiger partial charge in [-0.1, -0.05) is 0 Å². The molecule has 0 atom stereocenters. The van der Waals surface area contributed by atoms with Gasteiger partial charge >= 0.3 is 0 Å². The maximum absolute atomic E-state index is 10.7. The molecule has 80 valence electrons. The molecule has 0 aliphatic rings. The van der Waals surface area contributed by atoms with E-state index in [1.54, 1.807) is 12.1 Å². The Labute approximate surface area is 90.3 Å². The highest BCUT2D eigenvalue weighted by Crippen LogP contribution is 2.20. The first kappa shape index (κ1) is 10.0. The lowest BCUT2D eigenvalue weighted by atomic mass is 10.2. The van der Waals surface area contributed by atoms with Crippen molar-refractivity contribution in [2.75, 3.05) is 0 Å². The minimum atomic E-state index is -0.476. The van der Waals surface area contributed by atoms with Gasteiger partial charge in [0.1, 0.15) is 5.82 Å². The quantitative estimate of drug-likeness (QED) is 0.443. The van der Waals surface area contributed by atoms with Crippen molar-refractivity contribution in [3.63, 3.8) is 0 Å². The lowest BCUT2D eigenvalue weighted by Crippen LogP contribution is -1.96. The molecule has 0 radical (unpaired) electrons. The molecule has 0 aliphatic heterocycles. The highest BCUT2D eigenvalue weighted by atomic mass is 16.6.